The van der Waals surface area contributed by atoms with E-state index in [4.69, 9.17) is 18.6 Å². The predicted octanol–water partition coefficient (Wildman–Crippen LogP) is -2.52. The summed E-state index contributed by atoms with van der Waals surface area (Å²) in [5.74, 6) is 0. The maximum Gasteiger partial charge on any atom is 0.172 e. The zero-order chi connectivity index (χ0) is 16.6. The van der Waals surface area contributed by atoms with E-state index in [-0.39, 0.29) is 0 Å². The molecular formula is C14H21ClN2O4. The van der Waals surface area contributed by atoms with Crippen molar-refractivity contribution < 1.29 is 33.5 Å². The van der Waals surface area contributed by atoms with Crippen LogP contribution in [-0.4, -0.2) is 43.9 Å². The lowest BCUT2D eigenvalue weighted by atomic mass is 10.0. The topological polar surface area (TPSA) is 98.5 Å². The first-order valence-corrected chi connectivity index (χ1v) is 7.31. The summed E-state index contributed by atoms with van der Waals surface area (Å²) in [7, 11) is 3.23. The summed E-state index contributed by atoms with van der Waals surface area (Å²) < 4.78 is 36.0. The van der Waals surface area contributed by atoms with Crippen molar-refractivity contribution in [2.75, 3.05) is 28.2 Å². The molecule has 6 nitrogen and oxygen atoms in total. The van der Waals surface area contributed by atoms with E-state index in [1.165, 1.54) is 16.7 Å². The minimum atomic E-state index is -4.94. The van der Waals surface area contributed by atoms with E-state index in [2.05, 4.69) is 53.1 Å². The molecule has 21 heavy (non-hydrogen) atoms. The zero-order valence-electron chi connectivity index (χ0n) is 12.9. The van der Waals surface area contributed by atoms with Gasteiger partial charge in [-0.2, -0.15) is 0 Å². The lowest BCUT2D eigenvalue weighted by molar-refractivity contribution is -2.00. The summed E-state index contributed by atoms with van der Waals surface area (Å²) in [5, 5.41) is 0. The molecule has 1 aromatic rings. The first-order chi connectivity index (χ1) is 9.50. The van der Waals surface area contributed by atoms with Gasteiger partial charge in [0.15, 0.2) is 6.21 Å². The van der Waals surface area contributed by atoms with Crippen molar-refractivity contribution in [3.63, 3.8) is 0 Å². The molecule has 0 unspecified atom stereocenters. The molecule has 0 atom stereocenters. The van der Waals surface area contributed by atoms with Crippen molar-refractivity contribution in [2.45, 2.75) is 6.92 Å². The van der Waals surface area contributed by atoms with E-state index in [0.29, 0.717) is 0 Å². The van der Waals surface area contributed by atoms with Crippen LogP contribution in [0.15, 0.2) is 30.5 Å². The normalized spacial score (nSPS) is 11.4. The molecule has 0 aliphatic carbocycles. The third kappa shape index (κ3) is 10.9. The number of nitrogens with zero attached hydrogens (tertiary/aromatic N) is 2. The third-order valence-electron chi connectivity index (χ3n) is 2.25. The minimum Gasteiger partial charge on any atom is -0.383 e. The Balaban J connectivity index is 0.000000690. The summed E-state index contributed by atoms with van der Waals surface area (Å²) in [5.41, 5.74) is 3.81. The van der Waals surface area contributed by atoms with Gasteiger partial charge in [-0.25, -0.2) is 23.2 Å². The van der Waals surface area contributed by atoms with E-state index in [9.17, 15) is 0 Å². The maximum atomic E-state index is 8.49. The van der Waals surface area contributed by atoms with Crippen LogP contribution in [0.4, 0.5) is 0 Å². The second-order valence-electron chi connectivity index (χ2n) is 4.83. The van der Waals surface area contributed by atoms with E-state index >= 15 is 0 Å². The van der Waals surface area contributed by atoms with Crippen molar-refractivity contribution >= 4 is 11.8 Å². The standard InChI is InChI=1S/C14H21N2.ClHO4/c1-12-8-6-7-9-14(12)13(10-15(2)3)11-16(4)5;2-1(3,4)5/h6-11H,1-5H3;(H,2,3,4,5)/q+1;/p-1. The summed E-state index contributed by atoms with van der Waals surface area (Å²) in [6.45, 7) is 2.14. The molecule has 0 spiro atoms. The zero-order valence-corrected chi connectivity index (χ0v) is 13.6. The Hall–Kier alpha value is -1.44. The fourth-order valence-corrected chi connectivity index (χ4v) is 1.63. The molecule has 7 heteroatoms. The molecule has 0 heterocycles. The van der Waals surface area contributed by atoms with Gasteiger partial charge in [-0.15, -0.1) is 10.2 Å². The first kappa shape index (κ1) is 19.6. The van der Waals surface area contributed by atoms with E-state index in [0.717, 1.165) is 0 Å². The fourth-order valence-electron chi connectivity index (χ4n) is 1.63. The lowest BCUT2D eigenvalue weighted by Gasteiger charge is -2.17. The minimum absolute atomic E-state index is 1.23. The molecule has 0 amide bonds. The predicted molar refractivity (Wildman–Crippen MR) is 71.0 cm³/mol. The monoisotopic (exact) mass is 316 g/mol. The van der Waals surface area contributed by atoms with Crippen LogP contribution in [0, 0.1) is 17.2 Å². The van der Waals surface area contributed by atoms with Gasteiger partial charge in [0.2, 0.25) is 0 Å². The fraction of sp³-hybridized carbons (Fsp3) is 0.357. The molecule has 1 aromatic carbocycles. The highest BCUT2D eigenvalue weighted by atomic mass is 35.7. The van der Waals surface area contributed by atoms with Gasteiger partial charge < -0.3 is 4.90 Å². The number of benzene rings is 1. The Labute approximate surface area is 127 Å². The van der Waals surface area contributed by atoms with Crippen LogP contribution in [0.25, 0.3) is 5.57 Å². The highest BCUT2D eigenvalue weighted by molar-refractivity contribution is 6.07. The summed E-state index contributed by atoms with van der Waals surface area (Å²) >= 11 is 0. The Morgan fingerprint density at radius 2 is 1.57 bits per heavy atom. The van der Waals surface area contributed by atoms with Crippen molar-refractivity contribution in [2.24, 2.45) is 0 Å². The molecular weight excluding hydrogens is 296 g/mol. The van der Waals surface area contributed by atoms with Gasteiger partial charge >= 0.3 is 0 Å². The SMILES string of the molecule is Cc1ccccc1/C(C=[N+](C)C)=C/N(C)C.[O-][Cl+3]([O-])([O-])[O-]. The Morgan fingerprint density at radius 1 is 1.10 bits per heavy atom. The van der Waals surface area contributed by atoms with Crippen LogP contribution in [-0.2, 0) is 0 Å². The van der Waals surface area contributed by atoms with Crippen molar-refractivity contribution in [1.29, 1.82) is 0 Å². The van der Waals surface area contributed by atoms with Crippen molar-refractivity contribution in [3.05, 3.63) is 41.6 Å². The van der Waals surface area contributed by atoms with Crippen molar-refractivity contribution in [3.8, 4) is 0 Å². The smallest absolute Gasteiger partial charge is 0.172 e. The van der Waals surface area contributed by atoms with Crippen LogP contribution in [0.1, 0.15) is 11.1 Å². The maximum absolute atomic E-state index is 8.49. The molecule has 0 radical (unpaired) electrons. The summed E-state index contributed by atoms with van der Waals surface area (Å²) in [6.07, 6.45) is 4.28. The van der Waals surface area contributed by atoms with Gasteiger partial charge in [-0.05, 0) is 18.1 Å². The lowest BCUT2D eigenvalue weighted by Crippen LogP contribution is -2.68. The Kier molecular flexibility index (Phi) is 8.16. The molecule has 0 saturated heterocycles. The molecule has 0 saturated carbocycles. The number of rotatable bonds is 3. The van der Waals surface area contributed by atoms with Gasteiger partial charge in [-0.1, -0.05) is 24.3 Å². The number of aryl methyl sites for hydroxylation is 1. The highest BCUT2D eigenvalue weighted by Gasteiger charge is 2.05. The average molecular weight is 317 g/mol. The van der Waals surface area contributed by atoms with Crippen molar-refractivity contribution in [1.82, 2.24) is 4.90 Å². The van der Waals surface area contributed by atoms with Gasteiger partial charge in [-0.3, -0.25) is 0 Å². The third-order valence-corrected chi connectivity index (χ3v) is 2.25. The summed E-state index contributed by atoms with van der Waals surface area (Å²) in [4.78, 5) is 2.07. The van der Waals surface area contributed by atoms with Crippen LogP contribution >= 0.6 is 0 Å². The number of allylic oxidation sites excluding steroid dienone is 1. The van der Waals surface area contributed by atoms with Crippen LogP contribution in [0.2, 0.25) is 0 Å². The first-order valence-electron chi connectivity index (χ1n) is 6.08. The highest BCUT2D eigenvalue weighted by Crippen LogP contribution is 2.17. The molecule has 0 N–H and O–H groups in total. The van der Waals surface area contributed by atoms with Crippen LogP contribution in [0.5, 0.6) is 0 Å². The molecule has 0 aromatic heterocycles. The molecule has 0 bridgehead atoms. The van der Waals surface area contributed by atoms with Gasteiger partial charge in [0.05, 0.1) is 5.57 Å². The van der Waals surface area contributed by atoms with Gasteiger partial charge in [0.25, 0.3) is 0 Å². The van der Waals surface area contributed by atoms with E-state index in [1.54, 1.807) is 0 Å². The quantitative estimate of drug-likeness (QED) is 0.453. The summed E-state index contributed by atoms with van der Waals surface area (Å²) in [6, 6.07) is 8.45. The van der Waals surface area contributed by atoms with E-state index in [1.807, 2.05) is 28.2 Å². The number of hydrogen-bond donors (Lipinski definition) is 0. The van der Waals surface area contributed by atoms with Gasteiger partial charge in [0.1, 0.15) is 14.1 Å². The average Bonchev–Trinajstić information content (AvgIpc) is 2.25. The number of halogens is 1. The van der Waals surface area contributed by atoms with Crippen LogP contribution < -0.4 is 18.6 Å². The number of hydrogen-bond acceptors (Lipinski definition) is 5. The molecule has 118 valence electrons. The second-order valence-corrected chi connectivity index (χ2v) is 5.59. The molecule has 0 fully saturated rings. The molecule has 0 aliphatic heterocycles. The largest absolute Gasteiger partial charge is 0.383 e. The molecule has 0 aliphatic rings. The Bertz CT molecular complexity index is 498. The van der Waals surface area contributed by atoms with E-state index < -0.39 is 10.2 Å². The molecule has 1 rings (SSSR count). The van der Waals surface area contributed by atoms with Crippen LogP contribution in [0.3, 0.4) is 0 Å². The second kappa shape index (κ2) is 8.76. The Morgan fingerprint density at radius 3 is 1.95 bits per heavy atom. The van der Waals surface area contributed by atoms with Gasteiger partial charge in [0, 0.05) is 20.3 Å².